The van der Waals surface area contributed by atoms with Gasteiger partial charge in [-0.05, 0) is 6.42 Å². The van der Waals surface area contributed by atoms with Crippen LogP contribution in [0.3, 0.4) is 0 Å². The Bertz CT molecular complexity index is 945. The minimum absolute atomic E-state index is 0.0290. The molecule has 1 amide bonds. The van der Waals surface area contributed by atoms with Gasteiger partial charge in [-0.15, -0.1) is 0 Å². The lowest BCUT2D eigenvalue weighted by Gasteiger charge is -2.28. The standard InChI is InChI=1S/C19H23N7O4/c1-29-15(28)3-2-14(27)26-5-4-13-16(12-10-21-18(20)22-11-12)23-19(24-17(13)26)25-6-8-30-9-7-25/h10-11H,2-9H2,1H3,(H2,20,21,22). The van der Waals surface area contributed by atoms with E-state index in [-0.39, 0.29) is 24.7 Å². The number of nitrogens with zero attached hydrogens (tertiary/aromatic N) is 6. The summed E-state index contributed by atoms with van der Waals surface area (Å²) in [4.78, 5) is 45.5. The van der Waals surface area contributed by atoms with Crippen molar-refractivity contribution in [1.29, 1.82) is 0 Å². The van der Waals surface area contributed by atoms with Crippen LogP contribution in [0, 0.1) is 0 Å². The number of hydrogen-bond donors (Lipinski definition) is 1. The first-order valence-electron chi connectivity index (χ1n) is 9.75. The third-order valence-electron chi connectivity index (χ3n) is 5.13. The molecule has 1 fully saturated rings. The van der Waals surface area contributed by atoms with Crippen LogP contribution in [0.4, 0.5) is 17.7 Å². The third kappa shape index (κ3) is 4.01. The fraction of sp³-hybridized carbons (Fsp3) is 0.474. The number of rotatable bonds is 5. The van der Waals surface area contributed by atoms with Gasteiger partial charge >= 0.3 is 5.97 Å². The Morgan fingerprint density at radius 2 is 1.87 bits per heavy atom. The molecular weight excluding hydrogens is 390 g/mol. The fourth-order valence-corrected chi connectivity index (χ4v) is 3.54. The van der Waals surface area contributed by atoms with Crippen LogP contribution in [0.5, 0.6) is 0 Å². The SMILES string of the molecule is COC(=O)CCC(=O)N1CCc2c(-c3cnc(N)nc3)nc(N3CCOCC3)nc21. The van der Waals surface area contributed by atoms with Crippen molar-refractivity contribution in [3.05, 3.63) is 18.0 Å². The number of ether oxygens (including phenoxy) is 2. The van der Waals surface area contributed by atoms with E-state index in [0.29, 0.717) is 62.3 Å². The summed E-state index contributed by atoms with van der Waals surface area (Å²) in [5, 5.41) is 0. The van der Waals surface area contributed by atoms with Crippen molar-refractivity contribution in [1.82, 2.24) is 19.9 Å². The molecule has 0 aromatic carbocycles. The smallest absolute Gasteiger partial charge is 0.306 e. The van der Waals surface area contributed by atoms with Crippen LogP contribution in [0.25, 0.3) is 11.3 Å². The molecule has 2 aromatic rings. The predicted molar refractivity (Wildman–Crippen MR) is 108 cm³/mol. The highest BCUT2D eigenvalue weighted by Crippen LogP contribution is 2.35. The number of carbonyl (C=O) groups is 2. The number of methoxy groups -OCH3 is 1. The number of amides is 1. The van der Waals surface area contributed by atoms with E-state index >= 15 is 0 Å². The molecule has 0 radical (unpaired) electrons. The summed E-state index contributed by atoms with van der Waals surface area (Å²) in [5.74, 6) is 0.673. The van der Waals surface area contributed by atoms with Gasteiger partial charge in [-0.1, -0.05) is 0 Å². The summed E-state index contributed by atoms with van der Waals surface area (Å²) in [5.41, 5.74) is 7.88. The maximum Gasteiger partial charge on any atom is 0.306 e. The van der Waals surface area contributed by atoms with Crippen LogP contribution >= 0.6 is 0 Å². The Labute approximate surface area is 173 Å². The molecule has 2 N–H and O–H groups in total. The lowest BCUT2D eigenvalue weighted by molar-refractivity contribution is -0.141. The molecule has 2 aliphatic rings. The zero-order chi connectivity index (χ0) is 21.1. The van der Waals surface area contributed by atoms with Crippen molar-refractivity contribution in [2.75, 3.05) is 55.5 Å². The van der Waals surface area contributed by atoms with E-state index in [9.17, 15) is 9.59 Å². The van der Waals surface area contributed by atoms with Crippen molar-refractivity contribution >= 4 is 29.6 Å². The molecule has 4 rings (SSSR count). The Hall–Kier alpha value is -3.34. The number of nitrogens with two attached hydrogens (primary N) is 1. The number of hydrogen-bond acceptors (Lipinski definition) is 10. The first-order valence-corrected chi connectivity index (χ1v) is 9.75. The highest BCUT2D eigenvalue weighted by molar-refractivity contribution is 5.97. The molecule has 0 aliphatic carbocycles. The molecule has 30 heavy (non-hydrogen) atoms. The lowest BCUT2D eigenvalue weighted by Crippen LogP contribution is -2.38. The number of anilines is 3. The van der Waals surface area contributed by atoms with E-state index in [2.05, 4.69) is 14.7 Å². The Balaban J connectivity index is 1.71. The minimum atomic E-state index is -0.417. The molecule has 4 heterocycles. The van der Waals surface area contributed by atoms with Gasteiger partial charge in [-0.25, -0.2) is 15.0 Å². The summed E-state index contributed by atoms with van der Waals surface area (Å²) >= 11 is 0. The van der Waals surface area contributed by atoms with Crippen molar-refractivity contribution < 1.29 is 19.1 Å². The van der Waals surface area contributed by atoms with Crippen LogP contribution in [-0.4, -0.2) is 71.8 Å². The first kappa shape index (κ1) is 20.0. The number of morpholine rings is 1. The van der Waals surface area contributed by atoms with Gasteiger partial charge in [0.25, 0.3) is 0 Å². The molecule has 11 heteroatoms. The molecule has 0 saturated carbocycles. The zero-order valence-corrected chi connectivity index (χ0v) is 16.7. The van der Waals surface area contributed by atoms with Crippen LogP contribution < -0.4 is 15.5 Å². The van der Waals surface area contributed by atoms with Crippen molar-refractivity contribution in [2.45, 2.75) is 19.3 Å². The van der Waals surface area contributed by atoms with E-state index in [1.807, 2.05) is 4.90 Å². The van der Waals surface area contributed by atoms with Crippen molar-refractivity contribution in [3.8, 4) is 11.3 Å². The molecule has 0 spiro atoms. The van der Waals surface area contributed by atoms with Gasteiger partial charge in [0.1, 0.15) is 5.82 Å². The van der Waals surface area contributed by atoms with Crippen molar-refractivity contribution in [2.24, 2.45) is 0 Å². The number of esters is 1. The fourth-order valence-electron chi connectivity index (χ4n) is 3.54. The topological polar surface area (TPSA) is 137 Å². The van der Waals surface area contributed by atoms with E-state index < -0.39 is 5.97 Å². The number of carbonyl (C=O) groups excluding carboxylic acids is 2. The zero-order valence-electron chi connectivity index (χ0n) is 16.7. The molecule has 2 aromatic heterocycles. The number of nitrogen functional groups attached to an aromatic ring is 1. The molecule has 1 saturated heterocycles. The van der Waals surface area contributed by atoms with Gasteiger partial charge in [-0.3, -0.25) is 14.5 Å². The van der Waals surface area contributed by atoms with Gasteiger partial charge in [0.15, 0.2) is 0 Å². The van der Waals surface area contributed by atoms with E-state index in [1.165, 1.54) is 7.11 Å². The highest BCUT2D eigenvalue weighted by atomic mass is 16.5. The van der Waals surface area contributed by atoms with Gasteiger partial charge in [0.2, 0.25) is 17.8 Å². The first-order chi connectivity index (χ1) is 14.6. The largest absolute Gasteiger partial charge is 0.469 e. The molecule has 0 unspecified atom stereocenters. The third-order valence-corrected chi connectivity index (χ3v) is 5.13. The van der Waals surface area contributed by atoms with Gasteiger partial charge in [0, 0.05) is 49.6 Å². The summed E-state index contributed by atoms with van der Waals surface area (Å²) in [6, 6.07) is 0. The highest BCUT2D eigenvalue weighted by Gasteiger charge is 2.31. The Morgan fingerprint density at radius 3 is 2.57 bits per heavy atom. The van der Waals surface area contributed by atoms with Gasteiger partial charge < -0.3 is 20.1 Å². The average molecular weight is 413 g/mol. The molecule has 0 bridgehead atoms. The minimum Gasteiger partial charge on any atom is -0.469 e. The summed E-state index contributed by atoms with van der Waals surface area (Å²) in [6.45, 7) is 2.96. The summed E-state index contributed by atoms with van der Waals surface area (Å²) in [6.07, 6.45) is 3.93. The van der Waals surface area contributed by atoms with E-state index in [0.717, 1.165) is 5.56 Å². The van der Waals surface area contributed by atoms with Crippen LogP contribution in [0.15, 0.2) is 12.4 Å². The molecule has 0 atom stereocenters. The second kappa shape index (κ2) is 8.57. The predicted octanol–water partition coefficient (Wildman–Crippen LogP) is 0.195. The maximum absolute atomic E-state index is 12.8. The lowest BCUT2D eigenvalue weighted by atomic mass is 10.1. The number of fused-ring (bicyclic) bond motifs is 1. The quantitative estimate of drug-likeness (QED) is 0.677. The second-order valence-electron chi connectivity index (χ2n) is 6.98. The van der Waals surface area contributed by atoms with Crippen LogP contribution in [-0.2, 0) is 25.5 Å². The monoisotopic (exact) mass is 413 g/mol. The number of aromatic nitrogens is 4. The van der Waals surface area contributed by atoms with E-state index in [1.54, 1.807) is 17.3 Å². The second-order valence-corrected chi connectivity index (χ2v) is 6.98. The van der Waals surface area contributed by atoms with Gasteiger partial charge in [-0.2, -0.15) is 4.98 Å². The van der Waals surface area contributed by atoms with Crippen molar-refractivity contribution in [3.63, 3.8) is 0 Å². The summed E-state index contributed by atoms with van der Waals surface area (Å²) in [7, 11) is 1.31. The average Bonchev–Trinajstić information content (AvgIpc) is 3.22. The summed E-state index contributed by atoms with van der Waals surface area (Å²) < 4.78 is 10.1. The van der Waals surface area contributed by atoms with E-state index in [4.69, 9.17) is 20.4 Å². The molecular formula is C19H23N7O4. The molecule has 158 valence electrons. The van der Waals surface area contributed by atoms with Gasteiger partial charge in [0.05, 0.1) is 32.4 Å². The normalized spacial score (nSPS) is 15.8. The Morgan fingerprint density at radius 1 is 1.13 bits per heavy atom. The van der Waals surface area contributed by atoms with Crippen LogP contribution in [0.1, 0.15) is 18.4 Å². The molecule has 2 aliphatic heterocycles. The maximum atomic E-state index is 12.8. The Kier molecular flexibility index (Phi) is 5.70. The molecule has 11 nitrogen and oxygen atoms in total. The van der Waals surface area contributed by atoms with Crippen LogP contribution in [0.2, 0.25) is 0 Å².